The molecule has 2 aromatic carbocycles. The molecule has 25 heavy (non-hydrogen) atoms. The molecule has 0 radical (unpaired) electrons. The Balaban J connectivity index is 1.62. The number of hydrogen-bond donors (Lipinski definition) is 0. The van der Waals surface area contributed by atoms with Crippen molar-refractivity contribution >= 4 is 17.3 Å². The zero-order valence-electron chi connectivity index (χ0n) is 12.8. The summed E-state index contributed by atoms with van der Waals surface area (Å²) in [6.07, 6.45) is -4.43. The number of esters is 1. The van der Waals surface area contributed by atoms with Gasteiger partial charge >= 0.3 is 12.1 Å². The van der Waals surface area contributed by atoms with Gasteiger partial charge in [0, 0.05) is 10.9 Å². The number of thiazole rings is 1. The van der Waals surface area contributed by atoms with Gasteiger partial charge in [-0.05, 0) is 24.3 Å². The summed E-state index contributed by atoms with van der Waals surface area (Å²) in [7, 11) is 0. The van der Waals surface area contributed by atoms with Gasteiger partial charge in [-0.1, -0.05) is 30.3 Å². The summed E-state index contributed by atoms with van der Waals surface area (Å²) >= 11 is 1.43. The molecule has 0 unspecified atom stereocenters. The first-order valence-electron chi connectivity index (χ1n) is 7.28. The lowest BCUT2D eigenvalue weighted by atomic mass is 10.1. The van der Waals surface area contributed by atoms with Gasteiger partial charge in [-0.3, -0.25) is 0 Å². The van der Waals surface area contributed by atoms with Crippen LogP contribution < -0.4 is 0 Å². The standard InChI is InChI=1S/C18H12F3NO2S/c19-18(20,21)14-8-6-13(7-9-14)17(23)24-10-15-11-25-16(22-15)12-4-2-1-3-5-12/h1-9,11H,10H2. The largest absolute Gasteiger partial charge is 0.456 e. The van der Waals surface area contributed by atoms with Crippen molar-refractivity contribution in [2.45, 2.75) is 12.8 Å². The second kappa shape index (κ2) is 7.06. The van der Waals surface area contributed by atoms with E-state index in [1.807, 2.05) is 30.3 Å². The molecule has 128 valence electrons. The lowest BCUT2D eigenvalue weighted by Gasteiger charge is -2.07. The van der Waals surface area contributed by atoms with Crippen molar-refractivity contribution in [3.8, 4) is 10.6 Å². The molecule has 0 fully saturated rings. The van der Waals surface area contributed by atoms with Crippen LogP contribution in [-0.4, -0.2) is 11.0 Å². The van der Waals surface area contributed by atoms with Crippen LogP contribution in [0, 0.1) is 0 Å². The number of hydrogen-bond acceptors (Lipinski definition) is 4. The molecule has 0 spiro atoms. The first kappa shape index (κ1) is 17.2. The molecule has 0 bridgehead atoms. The molecule has 3 nitrogen and oxygen atoms in total. The third-order valence-corrected chi connectivity index (χ3v) is 4.31. The van der Waals surface area contributed by atoms with Crippen molar-refractivity contribution in [2.75, 3.05) is 0 Å². The smallest absolute Gasteiger partial charge is 0.416 e. The van der Waals surface area contributed by atoms with Crippen molar-refractivity contribution < 1.29 is 22.7 Å². The quantitative estimate of drug-likeness (QED) is 0.599. The SMILES string of the molecule is O=C(OCc1csc(-c2ccccc2)n1)c1ccc(C(F)(F)F)cc1. The Morgan fingerprint density at radius 3 is 2.36 bits per heavy atom. The van der Waals surface area contributed by atoms with E-state index in [-0.39, 0.29) is 12.2 Å². The molecular formula is C18H12F3NO2S. The van der Waals surface area contributed by atoms with Gasteiger partial charge in [0.1, 0.15) is 11.6 Å². The van der Waals surface area contributed by atoms with Crippen LogP contribution >= 0.6 is 11.3 Å². The maximum atomic E-state index is 12.5. The van der Waals surface area contributed by atoms with Crippen LogP contribution in [0.15, 0.2) is 60.0 Å². The number of carbonyl (C=O) groups is 1. The van der Waals surface area contributed by atoms with Gasteiger partial charge in [0.15, 0.2) is 0 Å². The van der Waals surface area contributed by atoms with Crippen LogP contribution in [0.2, 0.25) is 0 Å². The van der Waals surface area contributed by atoms with Gasteiger partial charge in [0.05, 0.1) is 16.8 Å². The maximum Gasteiger partial charge on any atom is 0.416 e. The summed E-state index contributed by atoms with van der Waals surface area (Å²) in [4.78, 5) is 16.3. The minimum Gasteiger partial charge on any atom is -0.456 e. The van der Waals surface area contributed by atoms with E-state index in [2.05, 4.69) is 4.98 Å². The fraction of sp³-hybridized carbons (Fsp3) is 0.111. The number of nitrogens with zero attached hydrogens (tertiary/aromatic N) is 1. The predicted molar refractivity (Wildman–Crippen MR) is 88.1 cm³/mol. The normalized spacial score (nSPS) is 11.3. The third-order valence-electron chi connectivity index (χ3n) is 3.37. The molecule has 1 heterocycles. The highest BCUT2D eigenvalue weighted by atomic mass is 32.1. The number of ether oxygens (including phenoxy) is 1. The second-order valence-corrected chi connectivity index (χ2v) is 6.02. The minimum atomic E-state index is -4.43. The van der Waals surface area contributed by atoms with Crippen LogP contribution in [0.25, 0.3) is 10.6 Å². The molecule has 0 aliphatic carbocycles. The van der Waals surface area contributed by atoms with E-state index < -0.39 is 17.7 Å². The molecule has 0 saturated carbocycles. The lowest BCUT2D eigenvalue weighted by molar-refractivity contribution is -0.137. The number of halogens is 3. The molecule has 0 aliphatic rings. The van der Waals surface area contributed by atoms with Gasteiger partial charge in [-0.2, -0.15) is 13.2 Å². The first-order valence-corrected chi connectivity index (χ1v) is 8.15. The topological polar surface area (TPSA) is 39.2 Å². The molecule has 0 N–H and O–H groups in total. The molecule has 3 aromatic rings. The highest BCUT2D eigenvalue weighted by molar-refractivity contribution is 7.13. The van der Waals surface area contributed by atoms with Gasteiger partial charge in [0.2, 0.25) is 0 Å². The molecule has 0 saturated heterocycles. The minimum absolute atomic E-state index is 0.0385. The average Bonchev–Trinajstić information content (AvgIpc) is 3.09. The maximum absolute atomic E-state index is 12.5. The van der Waals surface area contributed by atoms with E-state index in [1.165, 1.54) is 11.3 Å². The lowest BCUT2D eigenvalue weighted by Crippen LogP contribution is -2.08. The molecule has 1 aromatic heterocycles. The number of carbonyl (C=O) groups excluding carboxylic acids is 1. The highest BCUT2D eigenvalue weighted by Gasteiger charge is 2.30. The molecule has 0 aliphatic heterocycles. The Hall–Kier alpha value is -2.67. The Kier molecular flexibility index (Phi) is 4.85. The summed E-state index contributed by atoms with van der Waals surface area (Å²) < 4.78 is 42.6. The van der Waals surface area contributed by atoms with Crippen molar-refractivity contribution in [3.63, 3.8) is 0 Å². The Morgan fingerprint density at radius 1 is 1.04 bits per heavy atom. The number of alkyl halides is 3. The second-order valence-electron chi connectivity index (χ2n) is 5.16. The highest BCUT2D eigenvalue weighted by Crippen LogP contribution is 2.29. The van der Waals surface area contributed by atoms with Gasteiger partial charge < -0.3 is 4.74 Å². The van der Waals surface area contributed by atoms with Gasteiger partial charge in [-0.25, -0.2) is 9.78 Å². The average molecular weight is 363 g/mol. The fourth-order valence-electron chi connectivity index (χ4n) is 2.10. The predicted octanol–water partition coefficient (Wildman–Crippen LogP) is 5.19. The molecule has 7 heteroatoms. The fourth-order valence-corrected chi connectivity index (χ4v) is 2.92. The van der Waals surface area contributed by atoms with Crippen molar-refractivity contribution in [1.29, 1.82) is 0 Å². The van der Waals surface area contributed by atoms with E-state index in [1.54, 1.807) is 5.38 Å². The van der Waals surface area contributed by atoms with E-state index >= 15 is 0 Å². The van der Waals surface area contributed by atoms with Crippen molar-refractivity contribution in [3.05, 3.63) is 76.8 Å². The van der Waals surface area contributed by atoms with Crippen LogP contribution in [-0.2, 0) is 17.5 Å². The molecule has 0 atom stereocenters. The number of benzene rings is 2. The summed E-state index contributed by atoms with van der Waals surface area (Å²) in [6, 6.07) is 13.5. The van der Waals surface area contributed by atoms with Crippen molar-refractivity contribution in [2.24, 2.45) is 0 Å². The van der Waals surface area contributed by atoms with Gasteiger partial charge in [0.25, 0.3) is 0 Å². The Bertz CT molecular complexity index is 858. The Labute approximate surface area is 145 Å². The number of aromatic nitrogens is 1. The van der Waals surface area contributed by atoms with Crippen LogP contribution in [0.5, 0.6) is 0 Å². The molecular weight excluding hydrogens is 351 g/mol. The first-order chi connectivity index (χ1) is 11.9. The van der Waals surface area contributed by atoms with E-state index in [9.17, 15) is 18.0 Å². The summed E-state index contributed by atoms with van der Waals surface area (Å²) in [5.41, 5.74) is 0.805. The number of rotatable bonds is 4. The molecule has 0 amide bonds. The van der Waals surface area contributed by atoms with Crippen LogP contribution in [0.1, 0.15) is 21.6 Å². The van der Waals surface area contributed by atoms with E-state index in [0.717, 1.165) is 34.8 Å². The summed E-state index contributed by atoms with van der Waals surface area (Å²) in [5.74, 6) is -0.692. The van der Waals surface area contributed by atoms with Crippen molar-refractivity contribution in [1.82, 2.24) is 4.98 Å². The summed E-state index contributed by atoms with van der Waals surface area (Å²) in [6.45, 7) is -0.0385. The molecule has 3 rings (SSSR count). The monoisotopic (exact) mass is 363 g/mol. The van der Waals surface area contributed by atoms with Crippen LogP contribution in [0.3, 0.4) is 0 Å². The zero-order chi connectivity index (χ0) is 17.9. The third kappa shape index (κ3) is 4.24. The van der Waals surface area contributed by atoms with Crippen LogP contribution in [0.4, 0.5) is 13.2 Å². The van der Waals surface area contributed by atoms with E-state index in [4.69, 9.17) is 4.74 Å². The van der Waals surface area contributed by atoms with E-state index in [0.29, 0.717) is 5.69 Å². The van der Waals surface area contributed by atoms with Gasteiger partial charge in [-0.15, -0.1) is 11.3 Å². The Morgan fingerprint density at radius 2 is 1.72 bits per heavy atom. The summed E-state index contributed by atoms with van der Waals surface area (Å²) in [5, 5.41) is 2.59. The zero-order valence-corrected chi connectivity index (χ0v) is 13.6.